The van der Waals surface area contributed by atoms with Gasteiger partial charge in [-0.1, -0.05) is 37.6 Å². The van der Waals surface area contributed by atoms with Crippen LogP contribution in [-0.2, 0) is 25.6 Å². The predicted octanol–water partition coefficient (Wildman–Crippen LogP) is 4.05. The monoisotopic (exact) mass is 588 g/mol. The predicted molar refractivity (Wildman–Crippen MR) is 154 cm³/mol. The van der Waals surface area contributed by atoms with Crippen LogP contribution in [0.5, 0.6) is 0 Å². The Labute approximate surface area is 249 Å². The van der Waals surface area contributed by atoms with Gasteiger partial charge in [-0.15, -0.1) is 0 Å². The van der Waals surface area contributed by atoms with Gasteiger partial charge in [-0.25, -0.2) is 0 Å². The number of hydrogen-bond acceptors (Lipinski definition) is 8. The highest BCUT2D eigenvalue weighted by atomic mass is 16.7. The number of aromatic nitrogens is 1. The molecule has 0 radical (unpaired) electrons. The van der Waals surface area contributed by atoms with E-state index >= 15 is 0 Å². The van der Waals surface area contributed by atoms with Gasteiger partial charge in [0.1, 0.15) is 6.61 Å². The third-order valence-corrected chi connectivity index (χ3v) is 11.3. The van der Waals surface area contributed by atoms with Crippen LogP contribution >= 0.6 is 0 Å². The zero-order chi connectivity index (χ0) is 30.3. The van der Waals surface area contributed by atoms with E-state index < -0.39 is 52.2 Å². The second-order valence-corrected chi connectivity index (χ2v) is 13.4. The zero-order valence-electron chi connectivity index (χ0n) is 24.2. The molecule has 2 N–H and O–H groups in total. The summed E-state index contributed by atoms with van der Waals surface area (Å²) in [6.45, 7) is 3.83. The molecule has 1 aromatic heterocycles. The van der Waals surface area contributed by atoms with Gasteiger partial charge in [0.25, 0.3) is 5.69 Å². The van der Waals surface area contributed by atoms with Crippen LogP contribution < -0.4 is 0 Å². The number of ether oxygens (including phenoxy) is 2. The number of allylic oxidation sites excluding steroid dienone is 4. The van der Waals surface area contributed by atoms with Gasteiger partial charge in [-0.05, 0) is 61.3 Å². The van der Waals surface area contributed by atoms with Crippen molar-refractivity contribution in [1.29, 1.82) is 0 Å². The summed E-state index contributed by atoms with van der Waals surface area (Å²) >= 11 is 0. The van der Waals surface area contributed by atoms with E-state index in [1.807, 2.05) is 42.1 Å². The van der Waals surface area contributed by atoms with E-state index in [2.05, 4.69) is 6.92 Å². The Morgan fingerprint density at radius 2 is 2.07 bits per heavy atom. The minimum Gasteiger partial charge on any atom is -0.393 e. The van der Waals surface area contributed by atoms with E-state index in [-0.39, 0.29) is 29.2 Å². The van der Waals surface area contributed by atoms with Gasteiger partial charge in [0.2, 0.25) is 0 Å². The van der Waals surface area contributed by atoms with E-state index in [0.29, 0.717) is 24.9 Å². The number of hydrogen-bond donors (Lipinski definition) is 2. The minimum absolute atomic E-state index is 0.0179. The molecule has 1 aliphatic heterocycles. The molecule has 0 unspecified atom stereocenters. The van der Waals surface area contributed by atoms with Crippen molar-refractivity contribution in [3.05, 3.63) is 87.8 Å². The fourth-order valence-electron chi connectivity index (χ4n) is 9.51. The third kappa shape index (κ3) is 4.00. The Kier molecular flexibility index (Phi) is 6.45. The van der Waals surface area contributed by atoms with Gasteiger partial charge in [0.15, 0.2) is 23.5 Å². The number of Topliss-reactive ketones (excluding diaryl/α,β-unsaturated/α-hetero) is 1. The standard InChI is InChI=1S/C33H36N2O8/c1-31-10-8-23(37)13-21(31)6-7-24-25-14-28-33(27(39)18-36,32(25,2)15-26(38)29(24)31)43-30(42-28)20-9-11-34(17-20)16-19-4-3-5-22(12-19)35(40)41/h3-5,8-13,17,24-26,28-30,36,38H,6-7,14-16,18H2,1-2H3/t24-,25-,26-,28+,29+,30+,31-,32-,33+/m0/s1. The molecule has 4 fully saturated rings. The van der Waals surface area contributed by atoms with Crippen LogP contribution in [0.15, 0.2) is 66.5 Å². The lowest BCUT2D eigenvalue weighted by Gasteiger charge is -2.59. The Bertz CT molecular complexity index is 1580. The highest BCUT2D eigenvalue weighted by Gasteiger charge is 2.75. The summed E-state index contributed by atoms with van der Waals surface area (Å²) in [5.74, 6) is -0.448. The molecule has 226 valence electrons. The number of nitro groups is 1. The van der Waals surface area contributed by atoms with Crippen molar-refractivity contribution in [3.63, 3.8) is 0 Å². The summed E-state index contributed by atoms with van der Waals surface area (Å²) in [4.78, 5) is 36.6. The van der Waals surface area contributed by atoms with Crippen molar-refractivity contribution in [2.45, 2.75) is 70.2 Å². The number of nitrogens with zero attached hydrogens (tertiary/aromatic N) is 2. The summed E-state index contributed by atoms with van der Waals surface area (Å²) in [5, 5.41) is 33.2. The molecule has 2 heterocycles. The lowest BCUT2D eigenvalue weighted by Crippen LogP contribution is -2.63. The van der Waals surface area contributed by atoms with Crippen LogP contribution in [0.4, 0.5) is 5.69 Å². The number of aliphatic hydroxyl groups excluding tert-OH is 2. The highest BCUT2D eigenvalue weighted by Crippen LogP contribution is 2.70. The van der Waals surface area contributed by atoms with Crippen molar-refractivity contribution >= 4 is 17.3 Å². The molecule has 0 amide bonds. The quantitative estimate of drug-likeness (QED) is 0.380. The van der Waals surface area contributed by atoms with Gasteiger partial charge >= 0.3 is 0 Å². The number of non-ortho nitro benzene ring substituents is 1. The number of aliphatic hydroxyl groups is 2. The smallest absolute Gasteiger partial charge is 0.269 e. The third-order valence-electron chi connectivity index (χ3n) is 11.3. The maximum absolute atomic E-state index is 13.7. The first-order chi connectivity index (χ1) is 20.5. The Morgan fingerprint density at radius 3 is 2.84 bits per heavy atom. The molecule has 3 saturated carbocycles. The van der Waals surface area contributed by atoms with Gasteiger partial charge in [0, 0.05) is 53.4 Å². The lowest BCUT2D eigenvalue weighted by atomic mass is 9.46. The Balaban J connectivity index is 1.18. The lowest BCUT2D eigenvalue weighted by molar-refractivity contribution is -0.384. The van der Waals surface area contributed by atoms with Gasteiger partial charge in [-0.2, -0.15) is 0 Å². The first-order valence-electron chi connectivity index (χ1n) is 15.0. The van der Waals surface area contributed by atoms with Crippen molar-refractivity contribution in [2.24, 2.45) is 28.6 Å². The molecule has 43 heavy (non-hydrogen) atoms. The largest absolute Gasteiger partial charge is 0.393 e. The highest BCUT2D eigenvalue weighted by molar-refractivity contribution is 6.01. The Hall–Kier alpha value is -3.44. The van der Waals surface area contributed by atoms with Crippen molar-refractivity contribution < 1.29 is 34.2 Å². The van der Waals surface area contributed by atoms with Crippen molar-refractivity contribution in [1.82, 2.24) is 4.57 Å². The molecular weight excluding hydrogens is 552 g/mol. The topological polar surface area (TPSA) is 141 Å². The summed E-state index contributed by atoms with van der Waals surface area (Å²) in [6, 6.07) is 8.31. The molecule has 0 spiro atoms. The van der Waals surface area contributed by atoms with Gasteiger partial charge < -0.3 is 24.3 Å². The second kappa shape index (κ2) is 9.79. The maximum atomic E-state index is 13.7. The van der Waals surface area contributed by atoms with Crippen molar-refractivity contribution in [2.75, 3.05) is 6.61 Å². The number of nitro benzene ring substituents is 1. The molecule has 5 aliphatic rings. The van der Waals surface area contributed by atoms with Crippen LogP contribution in [-0.4, -0.2) is 55.7 Å². The fourth-order valence-corrected chi connectivity index (χ4v) is 9.51. The van der Waals surface area contributed by atoms with E-state index in [1.54, 1.807) is 18.2 Å². The summed E-state index contributed by atoms with van der Waals surface area (Å²) in [6.07, 6.45) is 9.23. The number of carbonyl (C=O) groups is 2. The molecule has 0 bridgehead atoms. The number of carbonyl (C=O) groups excluding carboxylic acids is 2. The molecule has 9 atom stereocenters. The van der Waals surface area contributed by atoms with Crippen LogP contribution in [0.3, 0.4) is 0 Å². The maximum Gasteiger partial charge on any atom is 0.269 e. The summed E-state index contributed by atoms with van der Waals surface area (Å²) in [7, 11) is 0. The van der Waals surface area contributed by atoms with Crippen molar-refractivity contribution in [3.8, 4) is 0 Å². The minimum atomic E-state index is -1.42. The zero-order valence-corrected chi connectivity index (χ0v) is 24.2. The normalized spacial score (nSPS) is 39.4. The fraction of sp³-hybridized carbons (Fsp3) is 0.515. The van der Waals surface area contributed by atoms with E-state index in [0.717, 1.165) is 24.0 Å². The molecule has 10 nitrogen and oxygen atoms in total. The number of rotatable bonds is 6. The average molecular weight is 589 g/mol. The number of fused-ring (bicyclic) bond motifs is 7. The van der Waals surface area contributed by atoms with Crippen LogP contribution in [0, 0.1) is 38.7 Å². The van der Waals surface area contributed by atoms with E-state index in [4.69, 9.17) is 9.47 Å². The van der Waals surface area contributed by atoms with Crippen LogP contribution in [0.1, 0.15) is 56.9 Å². The number of benzene rings is 1. The molecule has 10 heteroatoms. The van der Waals surface area contributed by atoms with Gasteiger partial charge in [-0.3, -0.25) is 19.7 Å². The van der Waals surface area contributed by atoms with Crippen LogP contribution in [0.25, 0.3) is 0 Å². The van der Waals surface area contributed by atoms with E-state index in [1.165, 1.54) is 12.1 Å². The van der Waals surface area contributed by atoms with Crippen LogP contribution in [0.2, 0.25) is 0 Å². The Morgan fingerprint density at radius 1 is 1.26 bits per heavy atom. The average Bonchev–Trinajstić information content (AvgIpc) is 3.65. The molecular formula is C33H36N2O8. The SMILES string of the molecule is C[C@]12C=CC(=O)C=C1CC[C@@H]1[C@@H]2[C@@H](O)C[C@@]2(C)[C@H]1C[C@H]1O[C@@H](c3ccn(Cc4cccc([N+](=O)[O-])c4)c3)O[C@]12C(=O)CO. The molecule has 7 rings (SSSR count). The molecule has 1 aromatic carbocycles. The molecule has 2 aromatic rings. The molecule has 1 saturated heterocycles. The summed E-state index contributed by atoms with van der Waals surface area (Å²) in [5.41, 5.74) is -0.0652. The first-order valence-corrected chi connectivity index (χ1v) is 15.0. The second-order valence-electron chi connectivity index (χ2n) is 13.4. The van der Waals surface area contributed by atoms with Gasteiger partial charge in [0.05, 0.1) is 17.1 Å². The first kappa shape index (κ1) is 28.3. The number of ketones is 2. The summed E-state index contributed by atoms with van der Waals surface area (Å²) < 4.78 is 15.1. The van der Waals surface area contributed by atoms with E-state index in [9.17, 15) is 29.9 Å². The molecule has 4 aliphatic carbocycles.